The van der Waals surface area contributed by atoms with Gasteiger partial charge in [-0.05, 0) is 50.1 Å². The van der Waals surface area contributed by atoms with Crippen LogP contribution in [-0.4, -0.2) is 50.6 Å². The minimum Gasteiger partial charge on any atom is -0.438 e. The fourth-order valence-corrected chi connectivity index (χ4v) is 3.76. The van der Waals surface area contributed by atoms with Crippen LogP contribution in [0.15, 0.2) is 47.6 Å². The number of rotatable bonds is 5. The summed E-state index contributed by atoms with van der Waals surface area (Å²) in [5, 5.41) is 7.55. The number of Topliss-reactive ketones (excluding diaryl/α,β-unsaturated/α-hetero) is 1. The van der Waals surface area contributed by atoms with Crippen molar-refractivity contribution in [2.75, 3.05) is 6.54 Å². The van der Waals surface area contributed by atoms with Gasteiger partial charge < -0.3 is 4.74 Å². The number of hydrogen-bond donors (Lipinski definition) is 0. The van der Waals surface area contributed by atoms with E-state index in [-0.39, 0.29) is 43.9 Å². The summed E-state index contributed by atoms with van der Waals surface area (Å²) in [5.74, 6) is -2.19. The zero-order valence-corrected chi connectivity index (χ0v) is 16.3. The molecule has 1 spiro atoms. The zero-order chi connectivity index (χ0) is 21.4. The average molecular weight is 414 g/mol. The lowest BCUT2D eigenvalue weighted by molar-refractivity contribution is -0.135. The van der Waals surface area contributed by atoms with Crippen molar-refractivity contribution in [1.82, 2.24) is 15.1 Å². The fraction of sp³-hybridized carbons (Fsp3) is 0.381. The zero-order valence-electron chi connectivity index (χ0n) is 16.3. The van der Waals surface area contributed by atoms with Crippen molar-refractivity contribution in [3.63, 3.8) is 0 Å². The molecule has 1 saturated carbocycles. The molecular formula is C21H20F2N4O3. The lowest BCUT2D eigenvalue weighted by Gasteiger charge is -2.33. The first-order valence-corrected chi connectivity index (χ1v) is 9.63. The molecule has 1 aliphatic carbocycles. The van der Waals surface area contributed by atoms with Crippen molar-refractivity contribution in [2.45, 2.75) is 44.1 Å². The Morgan fingerprint density at radius 1 is 1.13 bits per heavy atom. The molecule has 0 radical (unpaired) electrons. The van der Waals surface area contributed by atoms with Gasteiger partial charge in [0.05, 0.1) is 6.54 Å². The van der Waals surface area contributed by atoms with E-state index in [0.717, 1.165) is 0 Å². The molecule has 2 aromatic rings. The molecule has 1 fully saturated rings. The Morgan fingerprint density at radius 2 is 1.83 bits per heavy atom. The smallest absolute Gasteiger partial charge is 0.256 e. The van der Waals surface area contributed by atoms with E-state index in [1.54, 1.807) is 43.3 Å². The molecule has 7 nitrogen and oxygen atoms in total. The molecule has 1 aromatic heterocycles. The molecule has 9 heteroatoms. The largest absolute Gasteiger partial charge is 0.438 e. The molecule has 0 atom stereocenters. The molecule has 0 bridgehead atoms. The highest BCUT2D eigenvalue weighted by Crippen LogP contribution is 2.43. The Hall–Kier alpha value is -3.23. The van der Waals surface area contributed by atoms with Crippen LogP contribution < -0.4 is 4.74 Å². The number of aliphatic imine (C=N–C) groups is 1. The van der Waals surface area contributed by atoms with Gasteiger partial charge in [0.15, 0.2) is 5.78 Å². The van der Waals surface area contributed by atoms with Gasteiger partial charge in [-0.1, -0.05) is 0 Å². The molecule has 0 saturated heterocycles. The maximum absolute atomic E-state index is 13.5. The van der Waals surface area contributed by atoms with E-state index >= 15 is 0 Å². The van der Waals surface area contributed by atoms with E-state index in [0.29, 0.717) is 23.0 Å². The van der Waals surface area contributed by atoms with Gasteiger partial charge in [0.1, 0.15) is 17.1 Å². The fourth-order valence-electron chi connectivity index (χ4n) is 3.76. The van der Waals surface area contributed by atoms with Crippen LogP contribution in [0.2, 0.25) is 0 Å². The SMILES string of the molecule is CC1=NC2(CCC(F)(F)CC2)C(=O)N1CC(=O)c1ccc(Oc2cccnn2)cc1. The van der Waals surface area contributed by atoms with E-state index in [4.69, 9.17) is 4.74 Å². The second-order valence-electron chi connectivity index (χ2n) is 7.55. The standard InChI is InChI=1S/C21H20F2N4O3/c1-14-25-20(8-10-21(22,23)11-9-20)19(29)27(14)13-17(28)15-4-6-16(7-5-15)30-18-3-2-12-24-26-18/h2-7,12H,8-11,13H2,1H3. The van der Waals surface area contributed by atoms with Crippen LogP contribution in [0.25, 0.3) is 0 Å². The molecule has 1 aliphatic heterocycles. The van der Waals surface area contributed by atoms with E-state index in [1.165, 1.54) is 11.1 Å². The maximum atomic E-state index is 13.5. The summed E-state index contributed by atoms with van der Waals surface area (Å²) in [6.45, 7) is 1.45. The molecule has 1 amide bonds. The molecule has 2 heterocycles. The van der Waals surface area contributed by atoms with Crippen molar-refractivity contribution in [1.29, 1.82) is 0 Å². The van der Waals surface area contributed by atoms with Crippen molar-refractivity contribution in [3.8, 4) is 11.6 Å². The Kier molecular flexibility index (Phi) is 5.05. The Balaban J connectivity index is 1.41. The number of amidine groups is 1. The van der Waals surface area contributed by atoms with Gasteiger partial charge in [0.2, 0.25) is 11.8 Å². The lowest BCUT2D eigenvalue weighted by atomic mass is 9.80. The van der Waals surface area contributed by atoms with Crippen LogP contribution in [0.1, 0.15) is 43.0 Å². The predicted octanol–water partition coefficient (Wildman–Crippen LogP) is 3.66. The quantitative estimate of drug-likeness (QED) is 0.697. The monoisotopic (exact) mass is 414 g/mol. The molecule has 1 aromatic carbocycles. The van der Waals surface area contributed by atoms with Crippen molar-refractivity contribution < 1.29 is 23.1 Å². The van der Waals surface area contributed by atoms with Gasteiger partial charge in [-0.3, -0.25) is 19.5 Å². The van der Waals surface area contributed by atoms with Gasteiger partial charge in [-0.25, -0.2) is 8.78 Å². The number of halogens is 2. The second-order valence-corrected chi connectivity index (χ2v) is 7.55. The first kappa shape index (κ1) is 20.1. The van der Waals surface area contributed by atoms with Crippen LogP contribution in [-0.2, 0) is 4.79 Å². The Bertz CT molecular complexity index is 983. The minimum absolute atomic E-state index is 0.00468. The van der Waals surface area contributed by atoms with Crippen molar-refractivity contribution in [3.05, 3.63) is 48.2 Å². The number of amides is 1. The van der Waals surface area contributed by atoms with Gasteiger partial charge in [0, 0.05) is 30.7 Å². The summed E-state index contributed by atoms with van der Waals surface area (Å²) >= 11 is 0. The van der Waals surface area contributed by atoms with Crippen LogP contribution >= 0.6 is 0 Å². The van der Waals surface area contributed by atoms with Gasteiger partial charge in [-0.2, -0.15) is 5.10 Å². The average Bonchev–Trinajstić information content (AvgIpc) is 2.96. The predicted molar refractivity (Wildman–Crippen MR) is 104 cm³/mol. The Morgan fingerprint density at radius 3 is 2.47 bits per heavy atom. The summed E-state index contributed by atoms with van der Waals surface area (Å²) in [4.78, 5) is 31.3. The number of alkyl halides is 2. The van der Waals surface area contributed by atoms with Crippen molar-refractivity contribution >= 4 is 17.5 Å². The number of ether oxygens (including phenoxy) is 1. The molecule has 156 valence electrons. The highest BCUT2D eigenvalue weighted by Gasteiger charge is 2.53. The third kappa shape index (κ3) is 3.92. The minimum atomic E-state index is -2.76. The van der Waals surface area contributed by atoms with Crippen LogP contribution in [0.4, 0.5) is 8.78 Å². The van der Waals surface area contributed by atoms with Crippen LogP contribution in [0, 0.1) is 0 Å². The molecule has 30 heavy (non-hydrogen) atoms. The number of aromatic nitrogens is 2. The first-order valence-electron chi connectivity index (χ1n) is 9.63. The third-order valence-electron chi connectivity index (χ3n) is 5.47. The number of ketones is 1. The molecule has 0 unspecified atom stereocenters. The maximum Gasteiger partial charge on any atom is 0.256 e. The van der Waals surface area contributed by atoms with E-state index in [1.807, 2.05) is 0 Å². The Labute approximate surface area is 171 Å². The molecule has 2 aliphatic rings. The number of nitrogens with zero attached hydrogens (tertiary/aromatic N) is 4. The van der Waals surface area contributed by atoms with Crippen LogP contribution in [0.3, 0.4) is 0 Å². The molecule has 0 N–H and O–H groups in total. The lowest BCUT2D eigenvalue weighted by Crippen LogP contribution is -2.47. The number of hydrogen-bond acceptors (Lipinski definition) is 6. The summed E-state index contributed by atoms with van der Waals surface area (Å²) in [7, 11) is 0. The highest BCUT2D eigenvalue weighted by molar-refractivity contribution is 6.11. The number of carbonyl (C=O) groups is 2. The van der Waals surface area contributed by atoms with Crippen LogP contribution in [0.5, 0.6) is 11.6 Å². The summed E-state index contributed by atoms with van der Waals surface area (Å²) in [5.41, 5.74) is -0.751. The van der Waals surface area contributed by atoms with Gasteiger partial charge >= 0.3 is 0 Å². The molecular weight excluding hydrogens is 394 g/mol. The highest BCUT2D eigenvalue weighted by atomic mass is 19.3. The third-order valence-corrected chi connectivity index (χ3v) is 5.47. The van der Waals surface area contributed by atoms with E-state index in [9.17, 15) is 18.4 Å². The van der Waals surface area contributed by atoms with Gasteiger partial charge in [-0.15, -0.1) is 5.10 Å². The summed E-state index contributed by atoms with van der Waals surface area (Å²) < 4.78 is 32.6. The van der Waals surface area contributed by atoms with E-state index in [2.05, 4.69) is 15.2 Å². The van der Waals surface area contributed by atoms with Gasteiger partial charge in [0.25, 0.3) is 5.91 Å². The summed E-state index contributed by atoms with van der Waals surface area (Å²) in [6, 6.07) is 9.79. The number of benzene rings is 1. The normalized spacial score (nSPS) is 19.6. The number of carbonyl (C=O) groups excluding carboxylic acids is 2. The van der Waals surface area contributed by atoms with E-state index < -0.39 is 11.5 Å². The van der Waals surface area contributed by atoms with Crippen molar-refractivity contribution in [2.24, 2.45) is 4.99 Å². The summed E-state index contributed by atoms with van der Waals surface area (Å²) in [6.07, 6.45) is 0.780. The second kappa shape index (κ2) is 7.55. The molecule has 4 rings (SSSR count). The first-order chi connectivity index (χ1) is 14.3. The topological polar surface area (TPSA) is 84.8 Å².